The highest BCUT2D eigenvalue weighted by atomic mass is 32.1. The predicted molar refractivity (Wildman–Crippen MR) is 122 cm³/mol. The van der Waals surface area contributed by atoms with E-state index in [0.717, 1.165) is 29.6 Å². The molecule has 31 heavy (non-hydrogen) atoms. The Bertz CT molecular complexity index is 1010. The number of aromatic amines is 1. The van der Waals surface area contributed by atoms with Gasteiger partial charge in [-0.3, -0.25) is 14.5 Å². The van der Waals surface area contributed by atoms with E-state index >= 15 is 0 Å². The average molecular weight is 441 g/mol. The van der Waals surface area contributed by atoms with Gasteiger partial charge in [0.2, 0.25) is 11.8 Å². The number of para-hydroxylation sites is 1. The van der Waals surface area contributed by atoms with Crippen molar-refractivity contribution in [3.05, 3.63) is 58.4 Å². The fraction of sp³-hybridized carbons (Fsp3) is 0.391. The minimum Gasteiger partial charge on any atom is -0.379 e. The van der Waals surface area contributed by atoms with Gasteiger partial charge in [-0.15, -0.1) is 11.3 Å². The molecule has 1 aliphatic heterocycles. The largest absolute Gasteiger partial charge is 0.379 e. The third-order valence-electron chi connectivity index (χ3n) is 5.62. The van der Waals surface area contributed by atoms with Gasteiger partial charge >= 0.3 is 0 Å². The molecule has 3 heterocycles. The summed E-state index contributed by atoms with van der Waals surface area (Å²) < 4.78 is 5.49. The standard InChI is InChI=1S/C23H28N4O3S/c1-16(28)26-20(13-17-14-24-19-6-3-2-5-18(17)19)23(29)25-15-21(22-7-4-12-31-22)27-8-10-30-11-9-27/h2-7,12,14,20-21,24H,8-11,13,15H2,1H3,(H,25,29)(H,26,28). The molecule has 3 N–H and O–H groups in total. The molecule has 2 amide bonds. The summed E-state index contributed by atoms with van der Waals surface area (Å²) in [6, 6.07) is 11.6. The van der Waals surface area contributed by atoms with Crippen molar-refractivity contribution in [2.75, 3.05) is 32.8 Å². The fourth-order valence-electron chi connectivity index (χ4n) is 4.08. The first kappa shape index (κ1) is 21.5. The number of ether oxygens (including phenoxy) is 1. The van der Waals surface area contributed by atoms with Crippen LogP contribution in [0.3, 0.4) is 0 Å². The number of H-pyrrole nitrogens is 1. The Morgan fingerprint density at radius 2 is 2.00 bits per heavy atom. The van der Waals surface area contributed by atoms with Gasteiger partial charge in [0.1, 0.15) is 6.04 Å². The number of nitrogens with one attached hydrogen (secondary N) is 3. The maximum Gasteiger partial charge on any atom is 0.242 e. The minimum absolute atomic E-state index is 0.0962. The maximum absolute atomic E-state index is 13.1. The highest BCUT2D eigenvalue weighted by Crippen LogP contribution is 2.25. The van der Waals surface area contributed by atoms with E-state index in [1.165, 1.54) is 11.8 Å². The molecule has 2 unspecified atom stereocenters. The van der Waals surface area contributed by atoms with Crippen molar-refractivity contribution in [1.29, 1.82) is 0 Å². The summed E-state index contributed by atoms with van der Waals surface area (Å²) in [5, 5.41) is 9.04. The van der Waals surface area contributed by atoms with Crippen LogP contribution in [0.15, 0.2) is 48.0 Å². The third-order valence-corrected chi connectivity index (χ3v) is 6.59. The van der Waals surface area contributed by atoms with E-state index in [2.05, 4.69) is 32.0 Å². The van der Waals surface area contributed by atoms with Crippen molar-refractivity contribution in [2.24, 2.45) is 0 Å². The molecule has 3 aromatic rings. The SMILES string of the molecule is CC(=O)NC(Cc1c[nH]c2ccccc12)C(=O)NCC(c1cccs1)N1CCOCC1. The lowest BCUT2D eigenvalue weighted by Crippen LogP contribution is -2.50. The maximum atomic E-state index is 13.1. The molecule has 2 atom stereocenters. The van der Waals surface area contributed by atoms with Crippen molar-refractivity contribution in [1.82, 2.24) is 20.5 Å². The van der Waals surface area contributed by atoms with E-state index in [-0.39, 0.29) is 17.9 Å². The van der Waals surface area contributed by atoms with Gasteiger partial charge in [-0.1, -0.05) is 24.3 Å². The first-order valence-electron chi connectivity index (χ1n) is 10.6. The summed E-state index contributed by atoms with van der Waals surface area (Å²) in [6.07, 6.45) is 2.34. The number of hydrogen-bond donors (Lipinski definition) is 3. The molecule has 0 saturated carbocycles. The van der Waals surface area contributed by atoms with Crippen LogP contribution in [-0.2, 0) is 20.7 Å². The van der Waals surface area contributed by atoms with Crippen LogP contribution in [0.1, 0.15) is 23.4 Å². The van der Waals surface area contributed by atoms with Crippen molar-refractivity contribution in [2.45, 2.75) is 25.4 Å². The van der Waals surface area contributed by atoms with Crippen LogP contribution >= 0.6 is 11.3 Å². The molecule has 1 aliphatic rings. The first-order valence-corrected chi connectivity index (χ1v) is 11.4. The number of benzene rings is 1. The van der Waals surface area contributed by atoms with Gasteiger partial charge in [-0.25, -0.2) is 0 Å². The third kappa shape index (κ3) is 5.33. The zero-order chi connectivity index (χ0) is 21.6. The highest BCUT2D eigenvalue weighted by molar-refractivity contribution is 7.10. The summed E-state index contributed by atoms with van der Waals surface area (Å²) in [7, 11) is 0. The molecule has 4 rings (SSSR count). The Hall–Kier alpha value is -2.68. The molecule has 0 aliphatic carbocycles. The predicted octanol–water partition coefficient (Wildman–Crippen LogP) is 2.47. The number of carbonyl (C=O) groups excluding carboxylic acids is 2. The lowest BCUT2D eigenvalue weighted by atomic mass is 10.0. The minimum atomic E-state index is -0.634. The van der Waals surface area contributed by atoms with Crippen LogP contribution in [0.25, 0.3) is 10.9 Å². The van der Waals surface area contributed by atoms with Gasteiger partial charge in [0, 0.05) is 55.0 Å². The lowest BCUT2D eigenvalue weighted by Gasteiger charge is -2.34. The summed E-state index contributed by atoms with van der Waals surface area (Å²) in [5.41, 5.74) is 2.03. The molecular formula is C23H28N4O3S. The quantitative estimate of drug-likeness (QED) is 0.502. The molecule has 1 saturated heterocycles. The molecule has 164 valence electrons. The van der Waals surface area contributed by atoms with Gasteiger partial charge in [0.05, 0.1) is 19.3 Å². The number of thiophene rings is 1. The number of carbonyl (C=O) groups is 2. The van der Waals surface area contributed by atoms with E-state index in [9.17, 15) is 9.59 Å². The number of aromatic nitrogens is 1. The van der Waals surface area contributed by atoms with E-state index in [4.69, 9.17) is 4.74 Å². The number of hydrogen-bond acceptors (Lipinski definition) is 5. The molecule has 1 aromatic carbocycles. The highest BCUT2D eigenvalue weighted by Gasteiger charge is 2.26. The van der Waals surface area contributed by atoms with E-state index in [1.54, 1.807) is 11.3 Å². The second kappa shape index (κ2) is 10.1. The van der Waals surface area contributed by atoms with Crippen molar-refractivity contribution in [3.8, 4) is 0 Å². The molecule has 0 spiro atoms. The number of fused-ring (bicyclic) bond motifs is 1. The number of amides is 2. The van der Waals surface area contributed by atoms with Gasteiger partial charge < -0.3 is 20.4 Å². The number of rotatable bonds is 8. The summed E-state index contributed by atoms with van der Waals surface area (Å²) in [4.78, 5) is 31.7. The monoisotopic (exact) mass is 440 g/mol. The Labute approximate surface area is 185 Å². The molecule has 0 bridgehead atoms. The van der Waals surface area contributed by atoms with Crippen LogP contribution in [0.2, 0.25) is 0 Å². The van der Waals surface area contributed by atoms with Gasteiger partial charge in [-0.05, 0) is 23.1 Å². The van der Waals surface area contributed by atoms with Crippen LogP contribution < -0.4 is 10.6 Å². The zero-order valence-electron chi connectivity index (χ0n) is 17.6. The van der Waals surface area contributed by atoms with Crippen LogP contribution in [-0.4, -0.2) is 60.6 Å². The molecule has 2 aromatic heterocycles. The zero-order valence-corrected chi connectivity index (χ0v) is 18.4. The topological polar surface area (TPSA) is 86.5 Å². The number of nitrogens with zero attached hydrogens (tertiary/aromatic N) is 1. The van der Waals surface area contributed by atoms with Crippen molar-refractivity contribution < 1.29 is 14.3 Å². The van der Waals surface area contributed by atoms with Crippen LogP contribution in [0.4, 0.5) is 0 Å². The van der Waals surface area contributed by atoms with E-state index < -0.39 is 6.04 Å². The first-order chi connectivity index (χ1) is 15.1. The average Bonchev–Trinajstić information content (AvgIpc) is 3.44. The molecular weight excluding hydrogens is 412 g/mol. The molecule has 1 fully saturated rings. The van der Waals surface area contributed by atoms with E-state index in [1.807, 2.05) is 36.5 Å². The van der Waals surface area contributed by atoms with Crippen molar-refractivity contribution in [3.63, 3.8) is 0 Å². The number of morpholine rings is 1. The second-order valence-corrected chi connectivity index (χ2v) is 8.72. The summed E-state index contributed by atoms with van der Waals surface area (Å²) in [6.45, 7) is 5.00. The Morgan fingerprint density at radius 1 is 1.19 bits per heavy atom. The van der Waals surface area contributed by atoms with Gasteiger partial charge in [-0.2, -0.15) is 0 Å². The smallest absolute Gasteiger partial charge is 0.242 e. The van der Waals surface area contributed by atoms with Crippen LogP contribution in [0.5, 0.6) is 0 Å². The summed E-state index contributed by atoms with van der Waals surface area (Å²) >= 11 is 1.69. The fourth-order valence-corrected chi connectivity index (χ4v) is 4.94. The molecule has 0 radical (unpaired) electrons. The van der Waals surface area contributed by atoms with Gasteiger partial charge in [0.25, 0.3) is 0 Å². The lowest BCUT2D eigenvalue weighted by molar-refractivity contribution is -0.128. The Balaban J connectivity index is 1.46. The molecule has 8 heteroatoms. The normalized spacial score (nSPS) is 16.7. The Kier molecular flexibility index (Phi) is 7.01. The second-order valence-electron chi connectivity index (χ2n) is 7.74. The molecule has 7 nitrogen and oxygen atoms in total. The van der Waals surface area contributed by atoms with E-state index in [0.29, 0.717) is 26.2 Å². The van der Waals surface area contributed by atoms with Crippen molar-refractivity contribution >= 4 is 34.1 Å². The summed E-state index contributed by atoms with van der Waals surface area (Å²) in [5.74, 6) is -0.390. The Morgan fingerprint density at radius 3 is 2.74 bits per heavy atom. The van der Waals surface area contributed by atoms with Crippen LogP contribution in [0, 0.1) is 0 Å². The van der Waals surface area contributed by atoms with Gasteiger partial charge in [0.15, 0.2) is 0 Å².